The highest BCUT2D eigenvalue weighted by atomic mass is 28.4. The highest BCUT2D eigenvalue weighted by Crippen LogP contribution is 2.12. The van der Waals surface area contributed by atoms with Crippen molar-refractivity contribution in [2.24, 2.45) is 0 Å². The van der Waals surface area contributed by atoms with Gasteiger partial charge in [0.2, 0.25) is 0 Å². The van der Waals surface area contributed by atoms with Gasteiger partial charge in [-0.3, -0.25) is 0 Å². The summed E-state index contributed by atoms with van der Waals surface area (Å²) >= 11 is 0. The van der Waals surface area contributed by atoms with E-state index in [9.17, 15) is 0 Å². The molecule has 0 amide bonds. The lowest BCUT2D eigenvalue weighted by Gasteiger charge is -2.26. The standard InChI is InChI=1S/C8H24O2Si3/c1-7-12(3,4)9-11-10-13(5,6)8-2/h7-8,11H2,1-6H3. The van der Waals surface area contributed by atoms with Gasteiger partial charge < -0.3 is 8.23 Å². The summed E-state index contributed by atoms with van der Waals surface area (Å²) in [6, 6.07) is 2.38. The van der Waals surface area contributed by atoms with Crippen LogP contribution in [0.4, 0.5) is 0 Å². The fourth-order valence-electron chi connectivity index (χ4n) is 0.553. The van der Waals surface area contributed by atoms with Crippen molar-refractivity contribution in [3.8, 4) is 0 Å². The molecule has 0 heterocycles. The van der Waals surface area contributed by atoms with Crippen LogP contribution in [0.15, 0.2) is 0 Å². The molecule has 0 rings (SSSR count). The molecule has 0 aromatic carbocycles. The van der Waals surface area contributed by atoms with Crippen LogP contribution in [0.3, 0.4) is 0 Å². The van der Waals surface area contributed by atoms with Gasteiger partial charge in [0.15, 0.2) is 16.6 Å². The molecule has 2 nitrogen and oxygen atoms in total. The highest BCUT2D eigenvalue weighted by molar-refractivity contribution is 6.78. The molecular formula is C8H24O2Si3. The Balaban J connectivity index is 3.68. The average Bonchev–Trinajstić information content (AvgIpc) is 2.04. The summed E-state index contributed by atoms with van der Waals surface area (Å²) in [5, 5.41) is 0. The second-order valence-corrected chi connectivity index (χ2v) is 15.6. The Morgan fingerprint density at radius 1 is 0.846 bits per heavy atom. The SMILES string of the molecule is CC[Si](C)(C)O[SiH2]O[Si](C)(C)CC. The van der Waals surface area contributed by atoms with E-state index in [1.54, 1.807) is 0 Å². The first-order chi connectivity index (χ1) is 5.83. The van der Waals surface area contributed by atoms with Gasteiger partial charge in [-0.25, -0.2) is 0 Å². The van der Waals surface area contributed by atoms with E-state index in [1.165, 1.54) is 12.1 Å². The number of rotatable bonds is 6. The van der Waals surface area contributed by atoms with E-state index in [0.29, 0.717) is 0 Å². The van der Waals surface area contributed by atoms with Crippen LogP contribution in [0.1, 0.15) is 13.8 Å². The molecule has 0 N–H and O–H groups in total. The summed E-state index contributed by atoms with van der Waals surface area (Å²) < 4.78 is 11.8. The van der Waals surface area contributed by atoms with Crippen molar-refractivity contribution in [3.05, 3.63) is 0 Å². The van der Waals surface area contributed by atoms with Gasteiger partial charge in [0.05, 0.1) is 0 Å². The monoisotopic (exact) mass is 236 g/mol. The van der Waals surface area contributed by atoms with Crippen molar-refractivity contribution in [3.63, 3.8) is 0 Å². The third-order valence-electron chi connectivity index (χ3n) is 2.60. The number of hydrogen-bond donors (Lipinski definition) is 0. The minimum atomic E-state index is -1.33. The van der Waals surface area contributed by atoms with Crippen LogP contribution in [0.25, 0.3) is 0 Å². The molecule has 0 aromatic heterocycles. The summed E-state index contributed by atoms with van der Waals surface area (Å²) in [6.45, 7) is 13.5. The van der Waals surface area contributed by atoms with Gasteiger partial charge in [-0.15, -0.1) is 0 Å². The van der Waals surface area contributed by atoms with Crippen LogP contribution in [0.5, 0.6) is 0 Å². The van der Waals surface area contributed by atoms with Crippen LogP contribution in [0, 0.1) is 0 Å². The van der Waals surface area contributed by atoms with Gasteiger partial charge in [0.25, 0.3) is 10.0 Å². The second kappa shape index (κ2) is 5.45. The largest absolute Gasteiger partial charge is 0.441 e. The Kier molecular flexibility index (Phi) is 5.69. The van der Waals surface area contributed by atoms with Crippen molar-refractivity contribution < 1.29 is 8.23 Å². The Morgan fingerprint density at radius 2 is 1.15 bits per heavy atom. The van der Waals surface area contributed by atoms with Crippen molar-refractivity contribution in [2.75, 3.05) is 0 Å². The molecule has 0 saturated carbocycles. The van der Waals surface area contributed by atoms with Crippen molar-refractivity contribution in [1.29, 1.82) is 0 Å². The van der Waals surface area contributed by atoms with Crippen molar-refractivity contribution in [2.45, 2.75) is 52.1 Å². The fraction of sp³-hybridized carbons (Fsp3) is 1.00. The molecular weight excluding hydrogens is 212 g/mol. The molecule has 0 atom stereocenters. The van der Waals surface area contributed by atoms with Gasteiger partial charge in [-0.05, 0) is 38.3 Å². The van der Waals surface area contributed by atoms with Crippen molar-refractivity contribution >= 4 is 26.6 Å². The van der Waals surface area contributed by atoms with E-state index in [-0.39, 0.29) is 0 Å². The van der Waals surface area contributed by atoms with Crippen LogP contribution < -0.4 is 0 Å². The zero-order valence-electron chi connectivity index (χ0n) is 9.94. The summed E-state index contributed by atoms with van der Waals surface area (Å²) in [5.41, 5.74) is 0. The quantitative estimate of drug-likeness (QED) is 0.660. The van der Waals surface area contributed by atoms with E-state index < -0.39 is 26.6 Å². The minimum Gasteiger partial charge on any atom is -0.441 e. The Bertz CT molecular complexity index is 132. The third kappa shape index (κ3) is 6.62. The zero-order valence-corrected chi connectivity index (χ0v) is 13.4. The molecule has 0 aliphatic heterocycles. The molecule has 0 radical (unpaired) electrons. The molecule has 0 aromatic rings. The third-order valence-corrected chi connectivity index (χ3v) is 13.2. The van der Waals surface area contributed by atoms with E-state index in [4.69, 9.17) is 8.23 Å². The maximum Gasteiger partial charge on any atom is 0.283 e. The summed E-state index contributed by atoms with van der Waals surface area (Å²) in [4.78, 5) is 0. The molecule has 5 heteroatoms. The Hall–Kier alpha value is 0.571. The minimum absolute atomic E-state index is 0.696. The summed E-state index contributed by atoms with van der Waals surface area (Å²) in [6.07, 6.45) is 0. The molecule has 0 aliphatic rings. The maximum absolute atomic E-state index is 5.91. The Morgan fingerprint density at radius 3 is 1.38 bits per heavy atom. The number of hydrogen-bond acceptors (Lipinski definition) is 2. The molecule has 13 heavy (non-hydrogen) atoms. The highest BCUT2D eigenvalue weighted by Gasteiger charge is 2.23. The summed E-state index contributed by atoms with van der Waals surface area (Å²) in [7, 11) is -3.36. The maximum atomic E-state index is 5.91. The van der Waals surface area contributed by atoms with Gasteiger partial charge >= 0.3 is 0 Å². The molecule has 0 fully saturated rings. The topological polar surface area (TPSA) is 18.5 Å². The predicted octanol–water partition coefficient (Wildman–Crippen LogP) is 2.47. The van der Waals surface area contributed by atoms with Crippen LogP contribution >= 0.6 is 0 Å². The van der Waals surface area contributed by atoms with Gasteiger partial charge in [0.1, 0.15) is 0 Å². The molecule has 0 unspecified atom stereocenters. The fourth-order valence-corrected chi connectivity index (χ4v) is 5.50. The lowest BCUT2D eigenvalue weighted by molar-refractivity contribution is 0.450. The first kappa shape index (κ1) is 13.6. The van der Waals surface area contributed by atoms with Gasteiger partial charge in [-0.2, -0.15) is 0 Å². The van der Waals surface area contributed by atoms with E-state index in [2.05, 4.69) is 40.0 Å². The van der Waals surface area contributed by atoms with E-state index in [0.717, 1.165) is 0 Å². The lowest BCUT2D eigenvalue weighted by Crippen LogP contribution is -2.37. The van der Waals surface area contributed by atoms with Crippen LogP contribution in [0.2, 0.25) is 38.3 Å². The zero-order chi connectivity index (χ0) is 10.5. The molecule has 0 aliphatic carbocycles. The average molecular weight is 237 g/mol. The van der Waals surface area contributed by atoms with E-state index in [1.807, 2.05) is 0 Å². The van der Waals surface area contributed by atoms with E-state index >= 15 is 0 Å². The van der Waals surface area contributed by atoms with Crippen LogP contribution in [-0.4, -0.2) is 26.6 Å². The first-order valence-corrected chi connectivity index (χ1v) is 12.5. The molecule has 0 saturated heterocycles. The predicted molar refractivity (Wildman–Crippen MR) is 66.6 cm³/mol. The molecule has 0 bridgehead atoms. The normalized spacial score (nSPS) is 13.4. The summed E-state index contributed by atoms with van der Waals surface area (Å²) in [5.74, 6) is 0. The first-order valence-electron chi connectivity index (χ1n) is 5.11. The van der Waals surface area contributed by atoms with Crippen LogP contribution in [-0.2, 0) is 8.23 Å². The molecule has 0 spiro atoms. The Labute approximate surface area is 87.4 Å². The van der Waals surface area contributed by atoms with Crippen molar-refractivity contribution in [1.82, 2.24) is 0 Å². The van der Waals surface area contributed by atoms with Gasteiger partial charge in [0, 0.05) is 0 Å². The molecule has 80 valence electrons. The smallest absolute Gasteiger partial charge is 0.283 e. The second-order valence-electron chi connectivity index (χ2n) is 4.63. The lowest BCUT2D eigenvalue weighted by atomic mass is 11.0. The van der Waals surface area contributed by atoms with Gasteiger partial charge in [-0.1, -0.05) is 13.8 Å².